The Kier molecular flexibility index (Phi) is 16.7. The van der Waals surface area contributed by atoms with Gasteiger partial charge in [-0.15, -0.1) is 0 Å². The first-order valence-corrected chi connectivity index (χ1v) is 14.8. The highest BCUT2D eigenvalue weighted by molar-refractivity contribution is 5.95. The van der Waals surface area contributed by atoms with Gasteiger partial charge in [-0.2, -0.15) is 0 Å². The zero-order chi connectivity index (χ0) is 31.8. The molecule has 5 atom stereocenters. The average Bonchev–Trinajstić information content (AvgIpc) is 3.44. The largest absolute Gasteiger partial charge is 0.481 e. The van der Waals surface area contributed by atoms with E-state index in [1.807, 2.05) is 27.7 Å². The summed E-state index contributed by atoms with van der Waals surface area (Å²) in [6.07, 6.45) is 2.53. The molecule has 1 fully saturated rings. The molecule has 0 aromatic carbocycles. The molecule has 1 saturated heterocycles. The number of unbranched alkanes of at least 4 members (excludes halogenated alkanes) is 1. The van der Waals surface area contributed by atoms with Crippen molar-refractivity contribution >= 4 is 35.6 Å². The van der Waals surface area contributed by atoms with E-state index in [1.54, 1.807) is 0 Å². The van der Waals surface area contributed by atoms with E-state index in [4.69, 9.17) is 10.8 Å². The third-order valence-electron chi connectivity index (χ3n) is 6.90. The minimum Gasteiger partial charge on any atom is -0.481 e. The van der Waals surface area contributed by atoms with Crippen LogP contribution in [-0.2, 0) is 28.8 Å². The first kappa shape index (κ1) is 36.8. The summed E-state index contributed by atoms with van der Waals surface area (Å²) < 4.78 is 0. The fourth-order valence-electron chi connectivity index (χ4n) is 4.69. The van der Waals surface area contributed by atoms with Crippen LogP contribution in [0.2, 0.25) is 0 Å². The van der Waals surface area contributed by atoms with Crippen LogP contribution in [0, 0.1) is 11.8 Å². The number of hydrogen-bond donors (Lipinski definition) is 8. The molecule has 0 unspecified atom stereocenters. The number of hydrogen-bond acceptors (Lipinski definition) is 8. The van der Waals surface area contributed by atoms with E-state index >= 15 is 0 Å². The van der Waals surface area contributed by atoms with E-state index < -0.39 is 65.8 Å². The minimum atomic E-state index is -1.19. The van der Waals surface area contributed by atoms with E-state index in [2.05, 4.69) is 26.6 Å². The molecule has 14 heteroatoms. The molecule has 240 valence electrons. The molecule has 9 N–H and O–H groups in total. The van der Waals surface area contributed by atoms with Crippen LogP contribution in [0.5, 0.6) is 0 Å². The fraction of sp³-hybridized carbons (Fsp3) is 0.786. The quantitative estimate of drug-likeness (QED) is 0.0864. The molecular formula is C28H50N6O8. The maximum atomic E-state index is 13.4. The summed E-state index contributed by atoms with van der Waals surface area (Å²) in [5.74, 6) is -4.81. The molecule has 1 heterocycles. The van der Waals surface area contributed by atoms with Crippen molar-refractivity contribution in [1.29, 1.82) is 0 Å². The molecule has 0 aromatic rings. The number of carboxylic acid groups (broad SMARTS) is 2. The first-order valence-electron chi connectivity index (χ1n) is 14.8. The van der Waals surface area contributed by atoms with Gasteiger partial charge in [-0.05, 0) is 76.3 Å². The molecule has 4 amide bonds. The van der Waals surface area contributed by atoms with Gasteiger partial charge in [0.15, 0.2) is 0 Å². The summed E-state index contributed by atoms with van der Waals surface area (Å²) in [4.78, 5) is 75.4. The Morgan fingerprint density at radius 1 is 0.762 bits per heavy atom. The van der Waals surface area contributed by atoms with Crippen LogP contribution < -0.4 is 32.3 Å². The third kappa shape index (κ3) is 14.1. The zero-order valence-corrected chi connectivity index (χ0v) is 25.2. The minimum absolute atomic E-state index is 0.00123. The Bertz CT molecular complexity index is 922. The van der Waals surface area contributed by atoms with Crippen LogP contribution in [0.3, 0.4) is 0 Å². The molecule has 42 heavy (non-hydrogen) atoms. The number of carbonyl (C=O) groups is 6. The van der Waals surface area contributed by atoms with Crippen LogP contribution in [0.15, 0.2) is 0 Å². The van der Waals surface area contributed by atoms with Crippen molar-refractivity contribution < 1.29 is 39.0 Å². The number of aliphatic carboxylic acids is 2. The predicted molar refractivity (Wildman–Crippen MR) is 155 cm³/mol. The highest BCUT2D eigenvalue weighted by Gasteiger charge is 2.33. The van der Waals surface area contributed by atoms with Crippen molar-refractivity contribution in [3.8, 4) is 0 Å². The van der Waals surface area contributed by atoms with Gasteiger partial charge >= 0.3 is 11.9 Å². The Hall–Kier alpha value is -3.26. The Morgan fingerprint density at radius 2 is 1.29 bits per heavy atom. The smallest absolute Gasteiger partial charge is 0.326 e. The lowest BCUT2D eigenvalue weighted by Gasteiger charge is -2.27. The molecule has 0 spiro atoms. The number of nitrogens with one attached hydrogen (secondary N) is 5. The number of amides is 4. The van der Waals surface area contributed by atoms with Crippen LogP contribution in [0.25, 0.3) is 0 Å². The highest BCUT2D eigenvalue weighted by Crippen LogP contribution is 2.11. The molecular weight excluding hydrogens is 548 g/mol. The summed E-state index contributed by atoms with van der Waals surface area (Å²) in [7, 11) is 0. The summed E-state index contributed by atoms with van der Waals surface area (Å²) in [6, 6.07) is -4.97. The number of rotatable bonds is 20. The van der Waals surface area contributed by atoms with Gasteiger partial charge in [0, 0.05) is 6.42 Å². The van der Waals surface area contributed by atoms with Crippen LogP contribution in [0.4, 0.5) is 0 Å². The molecule has 1 aliphatic heterocycles. The molecule has 0 aromatic heterocycles. The van der Waals surface area contributed by atoms with E-state index in [-0.39, 0.29) is 43.9 Å². The van der Waals surface area contributed by atoms with E-state index in [9.17, 15) is 33.9 Å². The van der Waals surface area contributed by atoms with Crippen molar-refractivity contribution in [3.05, 3.63) is 0 Å². The van der Waals surface area contributed by atoms with Gasteiger partial charge in [-0.1, -0.05) is 27.7 Å². The molecule has 14 nitrogen and oxygen atoms in total. The molecule has 0 saturated carbocycles. The normalized spacial score (nSPS) is 17.6. The second-order valence-corrected chi connectivity index (χ2v) is 11.7. The summed E-state index contributed by atoms with van der Waals surface area (Å²) >= 11 is 0. The molecule has 0 bridgehead atoms. The number of carboxylic acids is 2. The fourth-order valence-corrected chi connectivity index (χ4v) is 4.69. The monoisotopic (exact) mass is 598 g/mol. The van der Waals surface area contributed by atoms with Crippen molar-refractivity contribution in [2.75, 3.05) is 13.1 Å². The van der Waals surface area contributed by atoms with Crippen LogP contribution >= 0.6 is 0 Å². The van der Waals surface area contributed by atoms with E-state index in [0.29, 0.717) is 32.4 Å². The van der Waals surface area contributed by atoms with Gasteiger partial charge in [0.25, 0.3) is 0 Å². The molecule has 0 aliphatic carbocycles. The Labute approximate surface area is 247 Å². The lowest BCUT2D eigenvalue weighted by Crippen LogP contribution is -2.58. The van der Waals surface area contributed by atoms with Gasteiger partial charge < -0.3 is 42.5 Å². The van der Waals surface area contributed by atoms with Crippen molar-refractivity contribution in [2.24, 2.45) is 17.6 Å². The topological polar surface area (TPSA) is 229 Å². The lowest BCUT2D eigenvalue weighted by atomic mass is 10.00. The second-order valence-electron chi connectivity index (χ2n) is 11.7. The SMILES string of the molecule is CC(C)C[C@H](NC(=O)[C@H](CCCCN)NC(=O)[C@H](CC(C)C)NC(=O)[C@H](CCC(=O)O)NC(=O)[C@@H]1CCCN1)C(=O)O. The van der Waals surface area contributed by atoms with Crippen LogP contribution in [-0.4, -0.2) is 89.1 Å². The standard InChI is InChI=1S/C28H50N6O8/c1-16(2)14-21(33-26(39)20(10-11-23(35)36)32-24(37)18-9-7-13-30-18)27(40)31-19(8-5-6-12-29)25(38)34-22(28(41)42)15-17(3)4/h16-22,30H,5-15,29H2,1-4H3,(H,31,40)(H,32,37)(H,33,39)(H,34,38)(H,35,36)(H,41,42)/t18-,19-,20-,21-,22-/m0/s1. The Morgan fingerprint density at radius 3 is 1.79 bits per heavy atom. The van der Waals surface area contributed by atoms with Gasteiger partial charge in [-0.3, -0.25) is 24.0 Å². The van der Waals surface area contributed by atoms with Crippen LogP contribution in [0.1, 0.15) is 85.5 Å². The van der Waals surface area contributed by atoms with E-state index in [1.165, 1.54) is 0 Å². The molecule has 1 rings (SSSR count). The molecule has 1 aliphatic rings. The number of carbonyl (C=O) groups excluding carboxylic acids is 4. The highest BCUT2D eigenvalue weighted by atomic mass is 16.4. The predicted octanol–water partition coefficient (Wildman–Crippen LogP) is -0.152. The van der Waals surface area contributed by atoms with Crippen molar-refractivity contribution in [2.45, 2.75) is 116 Å². The van der Waals surface area contributed by atoms with Gasteiger partial charge in [-0.25, -0.2) is 4.79 Å². The van der Waals surface area contributed by atoms with Crippen molar-refractivity contribution in [3.63, 3.8) is 0 Å². The zero-order valence-electron chi connectivity index (χ0n) is 25.2. The second kappa shape index (κ2) is 19.0. The van der Waals surface area contributed by atoms with Gasteiger partial charge in [0.2, 0.25) is 23.6 Å². The maximum absolute atomic E-state index is 13.4. The van der Waals surface area contributed by atoms with Crippen molar-refractivity contribution in [1.82, 2.24) is 26.6 Å². The third-order valence-corrected chi connectivity index (χ3v) is 6.90. The maximum Gasteiger partial charge on any atom is 0.326 e. The summed E-state index contributed by atoms with van der Waals surface area (Å²) in [5.41, 5.74) is 5.59. The summed E-state index contributed by atoms with van der Waals surface area (Å²) in [6.45, 7) is 8.38. The van der Waals surface area contributed by atoms with Gasteiger partial charge in [0.1, 0.15) is 24.2 Å². The number of nitrogens with two attached hydrogens (primary N) is 1. The van der Waals surface area contributed by atoms with E-state index in [0.717, 1.165) is 6.42 Å². The lowest BCUT2D eigenvalue weighted by molar-refractivity contribution is -0.143. The Balaban J connectivity index is 3.09. The summed E-state index contributed by atoms with van der Waals surface area (Å²) in [5, 5.41) is 32.2. The molecule has 0 radical (unpaired) electrons. The van der Waals surface area contributed by atoms with Gasteiger partial charge in [0.05, 0.1) is 6.04 Å². The average molecular weight is 599 g/mol. The first-order chi connectivity index (χ1) is 19.7.